The van der Waals surface area contributed by atoms with E-state index in [2.05, 4.69) is 14.9 Å². The zero-order valence-electron chi connectivity index (χ0n) is 7.02. The van der Waals surface area contributed by atoms with Gasteiger partial charge in [-0.1, -0.05) is 11.4 Å². The van der Waals surface area contributed by atoms with Gasteiger partial charge in [0.25, 0.3) is 5.91 Å². The lowest BCUT2D eigenvalue weighted by Gasteiger charge is -2.06. The zero-order valence-corrected chi connectivity index (χ0v) is 7.84. The third-order valence-corrected chi connectivity index (χ3v) is 2.12. The molecule has 0 saturated heterocycles. The van der Waals surface area contributed by atoms with E-state index in [0.29, 0.717) is 11.3 Å². The van der Waals surface area contributed by atoms with Gasteiger partial charge in [-0.25, -0.2) is 0 Å². The van der Waals surface area contributed by atoms with Crippen LogP contribution in [0.4, 0.5) is 0 Å². The molecule has 1 aromatic rings. The van der Waals surface area contributed by atoms with Crippen molar-refractivity contribution in [2.45, 2.75) is 19.4 Å². The second-order valence-corrected chi connectivity index (χ2v) is 3.13. The first-order chi connectivity index (χ1) is 6.27. The predicted octanol–water partition coefficient (Wildman–Crippen LogP) is 0.570. The average Bonchev–Trinajstić information content (AvgIpc) is 2.66. The van der Waals surface area contributed by atoms with Crippen molar-refractivity contribution in [2.24, 2.45) is 0 Å². The Kier molecular flexibility index (Phi) is 3.34. The van der Waals surface area contributed by atoms with Crippen LogP contribution in [0, 0.1) is 11.3 Å². The molecule has 0 spiro atoms. The van der Waals surface area contributed by atoms with Crippen molar-refractivity contribution < 1.29 is 4.79 Å². The van der Waals surface area contributed by atoms with E-state index in [9.17, 15) is 4.79 Å². The smallest absolute Gasteiger partial charge is 0.265 e. The van der Waals surface area contributed by atoms with Crippen molar-refractivity contribution in [1.82, 2.24) is 14.9 Å². The Balaban J connectivity index is 2.57. The van der Waals surface area contributed by atoms with Gasteiger partial charge in [0, 0.05) is 0 Å². The summed E-state index contributed by atoms with van der Waals surface area (Å²) in [6.45, 7) is 1.83. The molecule has 1 aromatic heterocycles. The highest BCUT2D eigenvalue weighted by molar-refractivity contribution is 7.07. The molecule has 0 unspecified atom stereocenters. The molecule has 1 N–H and O–H groups in total. The van der Waals surface area contributed by atoms with Gasteiger partial charge in [0.2, 0.25) is 0 Å². The number of nitrogens with zero attached hydrogens (tertiary/aromatic N) is 3. The molecule has 6 heteroatoms. The van der Waals surface area contributed by atoms with Crippen molar-refractivity contribution in [3.63, 3.8) is 0 Å². The summed E-state index contributed by atoms with van der Waals surface area (Å²) in [5.74, 6) is -0.289. The summed E-state index contributed by atoms with van der Waals surface area (Å²) in [4.78, 5) is 11.7. The van der Waals surface area contributed by atoms with E-state index in [4.69, 9.17) is 5.26 Å². The molecule has 1 rings (SSSR count). The fourth-order valence-electron chi connectivity index (χ4n) is 0.722. The monoisotopic (exact) mass is 196 g/mol. The normalized spacial score (nSPS) is 11.7. The van der Waals surface area contributed by atoms with Crippen LogP contribution in [0.3, 0.4) is 0 Å². The fraction of sp³-hybridized carbons (Fsp3) is 0.429. The lowest BCUT2D eigenvalue weighted by molar-refractivity contribution is 0.0948. The first kappa shape index (κ1) is 9.61. The molecule has 5 nitrogen and oxygen atoms in total. The van der Waals surface area contributed by atoms with Crippen LogP contribution >= 0.6 is 11.5 Å². The van der Waals surface area contributed by atoms with E-state index in [1.54, 1.807) is 0 Å². The highest BCUT2D eigenvalue weighted by Gasteiger charge is 2.12. The minimum absolute atomic E-state index is 0.289. The molecular weight excluding hydrogens is 188 g/mol. The summed E-state index contributed by atoms with van der Waals surface area (Å²) < 4.78 is 3.55. The Morgan fingerprint density at radius 2 is 2.69 bits per heavy atom. The molecule has 68 valence electrons. The Morgan fingerprint density at radius 1 is 1.92 bits per heavy atom. The molecule has 0 radical (unpaired) electrons. The van der Waals surface area contributed by atoms with Gasteiger partial charge in [0.15, 0.2) is 0 Å². The molecule has 0 saturated carbocycles. The van der Waals surface area contributed by atoms with Crippen LogP contribution in [0.25, 0.3) is 0 Å². The Hall–Kier alpha value is -1.48. The van der Waals surface area contributed by atoms with E-state index in [1.165, 1.54) is 6.20 Å². The summed E-state index contributed by atoms with van der Waals surface area (Å²) in [6.07, 6.45) is 1.97. The van der Waals surface area contributed by atoms with Crippen LogP contribution in [0.15, 0.2) is 6.20 Å². The minimum Gasteiger partial charge on any atom is -0.335 e. The van der Waals surface area contributed by atoms with Gasteiger partial charge >= 0.3 is 0 Å². The third kappa shape index (κ3) is 2.49. The molecule has 1 amide bonds. The van der Waals surface area contributed by atoms with Crippen molar-refractivity contribution >= 4 is 17.4 Å². The van der Waals surface area contributed by atoms with E-state index >= 15 is 0 Å². The Labute approximate surface area is 79.5 Å². The van der Waals surface area contributed by atoms with Crippen LogP contribution in [-0.4, -0.2) is 21.5 Å². The number of hydrogen-bond acceptors (Lipinski definition) is 5. The third-order valence-electron chi connectivity index (χ3n) is 1.45. The summed E-state index contributed by atoms with van der Waals surface area (Å²) in [5.41, 5.74) is 0. The maximum Gasteiger partial charge on any atom is 0.265 e. The van der Waals surface area contributed by atoms with Crippen molar-refractivity contribution in [2.75, 3.05) is 0 Å². The number of hydrogen-bond donors (Lipinski definition) is 1. The second kappa shape index (κ2) is 4.52. The van der Waals surface area contributed by atoms with Gasteiger partial charge in [-0.05, 0) is 18.0 Å². The van der Waals surface area contributed by atoms with Gasteiger partial charge in [-0.15, -0.1) is 5.10 Å². The maximum atomic E-state index is 11.3. The predicted molar refractivity (Wildman–Crippen MR) is 47.1 cm³/mol. The molecule has 0 bridgehead atoms. The Bertz CT molecular complexity index is 316. The standard InChI is InChI=1S/C7H8N4OS/c1-2-5(3-8)10-7(12)6-4-9-11-13-6/h4-5H,2H2,1H3,(H,10,12)/t5-/m0/s1. The van der Waals surface area contributed by atoms with E-state index in [-0.39, 0.29) is 5.91 Å². The van der Waals surface area contributed by atoms with Crippen LogP contribution in [0.5, 0.6) is 0 Å². The highest BCUT2D eigenvalue weighted by Crippen LogP contribution is 2.02. The number of carbonyl (C=O) groups is 1. The zero-order chi connectivity index (χ0) is 9.68. The summed E-state index contributed by atoms with van der Waals surface area (Å²) in [7, 11) is 0. The van der Waals surface area contributed by atoms with E-state index in [0.717, 1.165) is 11.5 Å². The molecule has 0 aromatic carbocycles. The van der Waals surface area contributed by atoms with Gasteiger partial charge in [0.1, 0.15) is 10.9 Å². The molecule has 0 aliphatic carbocycles. The molecule has 1 atom stereocenters. The summed E-state index contributed by atoms with van der Waals surface area (Å²) in [6, 6.07) is 1.54. The van der Waals surface area contributed by atoms with Crippen LogP contribution in [0.2, 0.25) is 0 Å². The van der Waals surface area contributed by atoms with Crippen molar-refractivity contribution in [3.8, 4) is 6.07 Å². The largest absolute Gasteiger partial charge is 0.335 e. The maximum absolute atomic E-state index is 11.3. The van der Waals surface area contributed by atoms with Gasteiger partial charge < -0.3 is 5.32 Å². The number of carbonyl (C=O) groups excluding carboxylic acids is 1. The molecule has 0 aliphatic rings. The number of nitriles is 1. The number of nitrogens with one attached hydrogen (secondary N) is 1. The highest BCUT2D eigenvalue weighted by atomic mass is 32.1. The average molecular weight is 196 g/mol. The quantitative estimate of drug-likeness (QED) is 0.766. The topological polar surface area (TPSA) is 78.7 Å². The summed E-state index contributed by atoms with van der Waals surface area (Å²) in [5, 5.41) is 14.7. The van der Waals surface area contributed by atoms with Crippen LogP contribution in [0.1, 0.15) is 23.0 Å². The fourth-order valence-corrected chi connectivity index (χ4v) is 1.14. The first-order valence-electron chi connectivity index (χ1n) is 3.75. The van der Waals surface area contributed by atoms with Gasteiger partial charge in [0.05, 0.1) is 12.3 Å². The van der Waals surface area contributed by atoms with Gasteiger partial charge in [-0.3, -0.25) is 4.79 Å². The molecular formula is C7H8N4OS. The number of aromatic nitrogens is 2. The SMILES string of the molecule is CC[C@@H](C#N)NC(=O)c1cnns1. The molecule has 1 heterocycles. The number of amides is 1. The summed E-state index contributed by atoms with van der Waals surface area (Å²) >= 11 is 1.01. The molecule has 0 fully saturated rings. The van der Waals surface area contributed by atoms with Crippen molar-refractivity contribution in [1.29, 1.82) is 5.26 Å². The molecule has 13 heavy (non-hydrogen) atoms. The van der Waals surface area contributed by atoms with E-state index < -0.39 is 6.04 Å². The molecule has 0 aliphatic heterocycles. The Morgan fingerprint density at radius 3 is 3.15 bits per heavy atom. The van der Waals surface area contributed by atoms with E-state index in [1.807, 2.05) is 13.0 Å². The minimum atomic E-state index is -0.436. The lowest BCUT2D eigenvalue weighted by Crippen LogP contribution is -2.32. The van der Waals surface area contributed by atoms with Crippen LogP contribution in [-0.2, 0) is 0 Å². The van der Waals surface area contributed by atoms with Crippen molar-refractivity contribution in [3.05, 3.63) is 11.1 Å². The lowest BCUT2D eigenvalue weighted by atomic mass is 10.2. The van der Waals surface area contributed by atoms with Gasteiger partial charge in [-0.2, -0.15) is 5.26 Å². The first-order valence-corrected chi connectivity index (χ1v) is 4.53. The second-order valence-electron chi connectivity index (χ2n) is 2.35. The van der Waals surface area contributed by atoms with Crippen LogP contribution < -0.4 is 5.32 Å². The number of rotatable bonds is 3.